The molecule has 0 unspecified atom stereocenters. The van der Waals surface area contributed by atoms with Gasteiger partial charge in [-0.05, 0) is 55.5 Å². The molecule has 3 heterocycles. The van der Waals surface area contributed by atoms with Crippen LogP contribution in [0.5, 0.6) is 5.88 Å². The summed E-state index contributed by atoms with van der Waals surface area (Å²) in [5, 5.41) is 4.12. The smallest absolute Gasteiger partial charge is 0.268 e. The number of hydrogen-bond acceptors (Lipinski definition) is 7. The molecule has 0 bridgehead atoms. The van der Waals surface area contributed by atoms with Gasteiger partial charge in [-0.1, -0.05) is 11.2 Å². The first-order chi connectivity index (χ1) is 15.0. The standard InChI is InChI=1S/C22H22N4O4S/c1-29-21-18(4-2-9-23-21)31(27,28)25-20-16-13-22(7-8-22)17-6-5-14(26-10-3-11-26)12-15(17)19(16)30-24-20/h2,4-6,9,12H,3,7-8,10-11,13H2,1H3,(H,24,25). The molecule has 0 radical (unpaired) electrons. The number of methoxy groups -OCH3 is 1. The van der Waals surface area contributed by atoms with E-state index in [0.29, 0.717) is 12.2 Å². The van der Waals surface area contributed by atoms with Gasteiger partial charge >= 0.3 is 0 Å². The van der Waals surface area contributed by atoms with E-state index in [1.807, 2.05) is 0 Å². The molecule has 3 aromatic rings. The maximum atomic E-state index is 13.1. The minimum absolute atomic E-state index is 0.0355. The molecule has 2 fully saturated rings. The number of anilines is 2. The molecule has 31 heavy (non-hydrogen) atoms. The highest BCUT2D eigenvalue weighted by Gasteiger charge is 2.50. The predicted molar refractivity (Wildman–Crippen MR) is 115 cm³/mol. The van der Waals surface area contributed by atoms with Crippen molar-refractivity contribution in [3.05, 3.63) is 47.7 Å². The number of fused-ring (bicyclic) bond motifs is 4. The van der Waals surface area contributed by atoms with Crippen molar-refractivity contribution in [1.29, 1.82) is 0 Å². The topological polar surface area (TPSA) is 97.6 Å². The SMILES string of the molecule is COc1ncccc1S(=O)(=O)Nc1noc2c1CC1(CC1)c1ccc(N3CCC3)cc1-2. The van der Waals surface area contributed by atoms with Crippen molar-refractivity contribution in [3.8, 4) is 17.2 Å². The number of benzene rings is 1. The largest absolute Gasteiger partial charge is 0.480 e. The summed E-state index contributed by atoms with van der Waals surface area (Å²) in [6.07, 6.45) is 5.56. The van der Waals surface area contributed by atoms with E-state index in [4.69, 9.17) is 9.26 Å². The van der Waals surface area contributed by atoms with Crippen molar-refractivity contribution in [2.45, 2.75) is 36.0 Å². The van der Waals surface area contributed by atoms with Crippen LogP contribution in [0.15, 0.2) is 45.9 Å². The summed E-state index contributed by atoms with van der Waals surface area (Å²) in [5.41, 5.74) is 4.35. The van der Waals surface area contributed by atoms with Gasteiger partial charge in [0.25, 0.3) is 10.0 Å². The van der Waals surface area contributed by atoms with Gasteiger partial charge in [-0.15, -0.1) is 0 Å². The monoisotopic (exact) mass is 438 g/mol. The summed E-state index contributed by atoms with van der Waals surface area (Å²) in [6.45, 7) is 2.12. The lowest BCUT2D eigenvalue weighted by atomic mass is 9.79. The summed E-state index contributed by atoms with van der Waals surface area (Å²) in [4.78, 5) is 6.29. The molecule has 0 amide bonds. The fourth-order valence-electron chi connectivity index (χ4n) is 4.67. The number of aromatic nitrogens is 2. The highest BCUT2D eigenvalue weighted by Crippen LogP contribution is 2.58. The predicted octanol–water partition coefficient (Wildman–Crippen LogP) is 3.34. The molecule has 2 aliphatic carbocycles. The number of nitrogens with zero attached hydrogens (tertiary/aromatic N) is 3. The van der Waals surface area contributed by atoms with Crippen molar-refractivity contribution in [1.82, 2.24) is 10.1 Å². The quantitative estimate of drug-likeness (QED) is 0.652. The molecular formula is C22H22N4O4S. The van der Waals surface area contributed by atoms with Crippen LogP contribution in [0.2, 0.25) is 0 Å². The Morgan fingerprint density at radius 2 is 2.06 bits per heavy atom. The van der Waals surface area contributed by atoms with Crippen LogP contribution in [-0.4, -0.2) is 38.8 Å². The molecule has 1 aliphatic heterocycles. The van der Waals surface area contributed by atoms with E-state index in [-0.39, 0.29) is 22.0 Å². The third-order valence-corrected chi connectivity index (χ3v) is 8.00. The third kappa shape index (κ3) is 2.83. The summed E-state index contributed by atoms with van der Waals surface area (Å²) in [5.74, 6) is 0.938. The molecule has 1 saturated carbocycles. The van der Waals surface area contributed by atoms with Crippen molar-refractivity contribution >= 4 is 21.5 Å². The van der Waals surface area contributed by atoms with Crippen LogP contribution in [0.1, 0.15) is 30.4 Å². The fourth-order valence-corrected chi connectivity index (χ4v) is 5.81. The lowest BCUT2D eigenvalue weighted by Gasteiger charge is -2.34. The normalized spacial score (nSPS) is 18.2. The van der Waals surface area contributed by atoms with Crippen molar-refractivity contribution in [3.63, 3.8) is 0 Å². The number of nitrogens with one attached hydrogen (secondary N) is 1. The second-order valence-electron chi connectivity index (χ2n) is 8.48. The van der Waals surface area contributed by atoms with E-state index < -0.39 is 10.0 Å². The first kappa shape index (κ1) is 18.7. The van der Waals surface area contributed by atoms with Crippen LogP contribution < -0.4 is 14.4 Å². The molecule has 9 heteroatoms. The second-order valence-corrected chi connectivity index (χ2v) is 10.1. The molecule has 0 atom stereocenters. The molecule has 6 rings (SSSR count). The third-order valence-electron chi connectivity index (χ3n) is 6.65. The molecule has 1 aromatic carbocycles. The zero-order chi connectivity index (χ0) is 21.2. The summed E-state index contributed by atoms with van der Waals surface area (Å²) >= 11 is 0. The molecule has 2 aromatic heterocycles. The van der Waals surface area contributed by atoms with E-state index >= 15 is 0 Å². The number of sulfonamides is 1. The van der Waals surface area contributed by atoms with E-state index in [1.165, 1.54) is 37.0 Å². The molecule has 160 valence electrons. The van der Waals surface area contributed by atoms with Crippen LogP contribution >= 0.6 is 0 Å². The Morgan fingerprint density at radius 3 is 2.77 bits per heavy atom. The average Bonchev–Trinajstić information content (AvgIpc) is 3.40. The Morgan fingerprint density at radius 1 is 1.23 bits per heavy atom. The van der Waals surface area contributed by atoms with Crippen molar-refractivity contribution in [2.24, 2.45) is 0 Å². The van der Waals surface area contributed by atoms with Crippen LogP contribution in [0, 0.1) is 0 Å². The number of rotatable bonds is 5. The van der Waals surface area contributed by atoms with Gasteiger partial charge in [-0.2, -0.15) is 0 Å². The molecule has 1 N–H and O–H groups in total. The van der Waals surface area contributed by atoms with Crippen LogP contribution in [-0.2, 0) is 21.9 Å². The Bertz CT molecular complexity index is 1290. The van der Waals surface area contributed by atoms with Crippen LogP contribution in [0.25, 0.3) is 11.3 Å². The van der Waals surface area contributed by atoms with Crippen molar-refractivity contribution < 1.29 is 17.7 Å². The lowest BCUT2D eigenvalue weighted by molar-refractivity contribution is 0.385. The number of hydrogen-bond donors (Lipinski definition) is 1. The Labute approximate surface area is 180 Å². The first-order valence-electron chi connectivity index (χ1n) is 10.4. The van der Waals surface area contributed by atoms with Gasteiger partial charge < -0.3 is 14.2 Å². The Kier molecular flexibility index (Phi) is 3.89. The van der Waals surface area contributed by atoms with Gasteiger partial charge in [-0.25, -0.2) is 13.4 Å². The van der Waals surface area contributed by atoms with Gasteiger partial charge in [0.1, 0.15) is 4.90 Å². The maximum absolute atomic E-state index is 13.1. The Hall–Kier alpha value is -3.07. The van der Waals surface area contributed by atoms with E-state index in [2.05, 4.69) is 38.0 Å². The van der Waals surface area contributed by atoms with Crippen LogP contribution in [0.4, 0.5) is 11.5 Å². The van der Waals surface area contributed by atoms with E-state index in [1.54, 1.807) is 6.07 Å². The van der Waals surface area contributed by atoms with Crippen molar-refractivity contribution in [2.75, 3.05) is 29.8 Å². The highest BCUT2D eigenvalue weighted by atomic mass is 32.2. The van der Waals surface area contributed by atoms with Gasteiger partial charge in [0.15, 0.2) is 11.6 Å². The summed E-state index contributed by atoms with van der Waals surface area (Å²) < 4.78 is 39.6. The number of pyridine rings is 1. The fraction of sp³-hybridized carbons (Fsp3) is 0.364. The summed E-state index contributed by atoms with van der Waals surface area (Å²) in [6, 6.07) is 9.59. The van der Waals surface area contributed by atoms with Gasteiger partial charge in [0.2, 0.25) is 5.88 Å². The zero-order valence-corrected chi connectivity index (χ0v) is 17.9. The van der Waals surface area contributed by atoms with E-state index in [0.717, 1.165) is 37.1 Å². The zero-order valence-electron chi connectivity index (χ0n) is 17.1. The summed E-state index contributed by atoms with van der Waals surface area (Å²) in [7, 11) is -2.55. The first-order valence-corrected chi connectivity index (χ1v) is 11.9. The highest BCUT2D eigenvalue weighted by molar-refractivity contribution is 7.92. The van der Waals surface area contributed by atoms with Gasteiger partial charge in [-0.3, -0.25) is 4.72 Å². The van der Waals surface area contributed by atoms with Gasteiger partial charge in [0.05, 0.1) is 7.11 Å². The molecule has 8 nitrogen and oxygen atoms in total. The lowest BCUT2D eigenvalue weighted by Crippen LogP contribution is -2.37. The molecule has 3 aliphatic rings. The minimum Gasteiger partial charge on any atom is -0.480 e. The molecular weight excluding hydrogens is 416 g/mol. The average molecular weight is 439 g/mol. The second kappa shape index (κ2) is 6.46. The Balaban J connectivity index is 1.41. The van der Waals surface area contributed by atoms with E-state index in [9.17, 15) is 8.42 Å². The minimum atomic E-state index is -3.94. The maximum Gasteiger partial charge on any atom is 0.268 e. The molecule has 1 saturated heterocycles. The number of ether oxygens (including phenoxy) is 1. The van der Waals surface area contributed by atoms with Crippen LogP contribution in [0.3, 0.4) is 0 Å². The molecule has 1 spiro atoms. The van der Waals surface area contributed by atoms with Gasteiger partial charge in [0, 0.05) is 41.5 Å².